The largest absolute Gasteiger partial charge is 0.424 e. The number of rotatable bonds is 4. The second kappa shape index (κ2) is 4.72. The topological polar surface area (TPSA) is 64.1 Å². The van der Waals surface area contributed by atoms with E-state index in [0.717, 1.165) is 24.1 Å². The fourth-order valence-corrected chi connectivity index (χ4v) is 2.31. The highest BCUT2D eigenvalue weighted by atomic mass is 16.4. The molecule has 3 rings (SSSR count). The Bertz CT molecular complexity index is 586. The number of nitrogens with two attached hydrogens (primary N) is 1. The van der Waals surface area contributed by atoms with Crippen LogP contribution in [0.25, 0.3) is 11.1 Å². The van der Waals surface area contributed by atoms with E-state index < -0.39 is 0 Å². The summed E-state index contributed by atoms with van der Waals surface area (Å²) in [7, 11) is 0. The monoisotopic (exact) mass is 243 g/mol. The Hall–Kier alpha value is -1.97. The summed E-state index contributed by atoms with van der Waals surface area (Å²) in [5, 5.41) is 3.22. The molecule has 1 aliphatic rings. The smallest absolute Gasteiger partial charge is 0.295 e. The molecule has 0 bridgehead atoms. The number of fused-ring (bicyclic) bond motifs is 1. The van der Waals surface area contributed by atoms with Crippen LogP contribution in [0.3, 0.4) is 0 Å². The highest BCUT2D eigenvalue weighted by Crippen LogP contribution is 2.22. The van der Waals surface area contributed by atoms with Crippen LogP contribution in [0.5, 0.6) is 0 Å². The quantitative estimate of drug-likeness (QED) is 0.638. The van der Waals surface area contributed by atoms with Crippen molar-refractivity contribution in [3.05, 3.63) is 29.8 Å². The van der Waals surface area contributed by atoms with Crippen molar-refractivity contribution in [2.24, 2.45) is 0 Å². The molecule has 0 radical (unpaired) electrons. The van der Waals surface area contributed by atoms with Crippen LogP contribution in [0.15, 0.2) is 34.3 Å². The van der Waals surface area contributed by atoms with Crippen molar-refractivity contribution in [1.29, 1.82) is 0 Å². The molecule has 0 unspecified atom stereocenters. The Morgan fingerprint density at radius 3 is 3.17 bits per heavy atom. The van der Waals surface area contributed by atoms with Crippen molar-refractivity contribution >= 4 is 22.8 Å². The minimum absolute atomic E-state index is 0.578. The van der Waals surface area contributed by atoms with Crippen LogP contribution in [-0.4, -0.2) is 11.5 Å². The first-order valence-corrected chi connectivity index (χ1v) is 6.39. The molecule has 0 saturated heterocycles. The van der Waals surface area contributed by atoms with Gasteiger partial charge in [-0.15, -0.1) is 0 Å². The molecule has 4 heteroatoms. The Morgan fingerprint density at radius 2 is 2.33 bits per heavy atom. The van der Waals surface area contributed by atoms with Crippen molar-refractivity contribution in [2.75, 3.05) is 17.6 Å². The van der Waals surface area contributed by atoms with Crippen molar-refractivity contribution in [3.63, 3.8) is 0 Å². The molecule has 1 aromatic carbocycles. The lowest BCUT2D eigenvalue weighted by molar-refractivity contribution is 0.614. The van der Waals surface area contributed by atoms with Crippen LogP contribution in [0.1, 0.15) is 25.7 Å². The summed E-state index contributed by atoms with van der Waals surface area (Å²) >= 11 is 0. The summed E-state index contributed by atoms with van der Waals surface area (Å²) in [6.45, 7) is 0.869. The average Bonchev–Trinajstić information content (AvgIpc) is 2.97. The molecule has 18 heavy (non-hydrogen) atoms. The number of hydrogen-bond donors (Lipinski definition) is 2. The second-order valence-electron chi connectivity index (χ2n) is 4.68. The first-order valence-electron chi connectivity index (χ1n) is 6.39. The van der Waals surface area contributed by atoms with Crippen molar-refractivity contribution < 1.29 is 4.42 Å². The predicted octanol–water partition coefficient (Wildman–Crippen LogP) is 3.32. The number of aromatic nitrogens is 1. The maximum atomic E-state index is 5.71. The van der Waals surface area contributed by atoms with E-state index in [0.29, 0.717) is 11.7 Å². The molecule has 3 N–H and O–H groups in total. The molecule has 0 saturated carbocycles. The van der Waals surface area contributed by atoms with E-state index in [1.54, 1.807) is 5.57 Å². The molecular weight excluding hydrogens is 226 g/mol. The maximum absolute atomic E-state index is 5.71. The maximum Gasteiger partial charge on any atom is 0.295 e. The van der Waals surface area contributed by atoms with E-state index in [4.69, 9.17) is 10.2 Å². The van der Waals surface area contributed by atoms with Crippen LogP contribution in [0.2, 0.25) is 0 Å². The third-order valence-corrected chi connectivity index (χ3v) is 3.27. The predicted molar refractivity (Wildman–Crippen MR) is 73.5 cm³/mol. The molecule has 0 amide bonds. The highest BCUT2D eigenvalue weighted by molar-refractivity contribution is 5.78. The van der Waals surface area contributed by atoms with Crippen LogP contribution in [0.4, 0.5) is 11.7 Å². The highest BCUT2D eigenvalue weighted by Gasteiger charge is 2.07. The lowest BCUT2D eigenvalue weighted by Crippen LogP contribution is -2.02. The van der Waals surface area contributed by atoms with Gasteiger partial charge in [-0.3, -0.25) is 0 Å². The summed E-state index contributed by atoms with van der Waals surface area (Å²) < 4.78 is 5.59. The fraction of sp³-hybridized carbons (Fsp3) is 0.357. The number of nitrogens with zero attached hydrogens (tertiary/aromatic N) is 1. The first kappa shape index (κ1) is 11.1. The number of nitrogen functional groups attached to an aromatic ring is 1. The average molecular weight is 243 g/mol. The van der Waals surface area contributed by atoms with Crippen LogP contribution in [-0.2, 0) is 0 Å². The molecule has 4 nitrogen and oxygen atoms in total. The van der Waals surface area contributed by atoms with Crippen LogP contribution in [0, 0.1) is 0 Å². The fourth-order valence-electron chi connectivity index (χ4n) is 2.31. The Kier molecular flexibility index (Phi) is 2.92. The molecule has 0 atom stereocenters. The second-order valence-corrected chi connectivity index (χ2v) is 4.68. The Morgan fingerprint density at radius 1 is 1.39 bits per heavy atom. The van der Waals surface area contributed by atoms with Gasteiger partial charge in [0.25, 0.3) is 6.01 Å². The van der Waals surface area contributed by atoms with Gasteiger partial charge in [-0.1, -0.05) is 11.6 Å². The van der Waals surface area contributed by atoms with Crippen molar-refractivity contribution in [3.8, 4) is 0 Å². The SMILES string of the molecule is Nc1ccc2oc(NCCC3=CCCC3)nc2c1. The van der Waals surface area contributed by atoms with E-state index in [-0.39, 0.29) is 0 Å². The molecule has 1 aromatic heterocycles. The van der Waals surface area contributed by atoms with E-state index in [2.05, 4.69) is 16.4 Å². The summed E-state index contributed by atoms with van der Waals surface area (Å²) in [5.41, 5.74) is 9.53. The van der Waals surface area contributed by atoms with Gasteiger partial charge in [-0.25, -0.2) is 0 Å². The number of nitrogens with one attached hydrogen (secondary N) is 1. The van der Waals surface area contributed by atoms with Crippen LogP contribution < -0.4 is 11.1 Å². The standard InChI is InChI=1S/C14H17N3O/c15-11-5-6-13-12(9-11)17-14(18-13)16-8-7-10-3-1-2-4-10/h3,5-6,9H,1-2,4,7-8,15H2,(H,16,17). The molecule has 2 aromatic rings. The summed E-state index contributed by atoms with van der Waals surface area (Å²) in [6.07, 6.45) is 7.19. The molecular formula is C14H17N3O. The van der Waals surface area contributed by atoms with Gasteiger partial charge in [0.05, 0.1) is 0 Å². The van der Waals surface area contributed by atoms with Gasteiger partial charge in [0, 0.05) is 12.2 Å². The zero-order valence-electron chi connectivity index (χ0n) is 10.3. The minimum Gasteiger partial charge on any atom is -0.424 e. The zero-order chi connectivity index (χ0) is 12.4. The lowest BCUT2D eigenvalue weighted by atomic mass is 10.2. The molecule has 94 valence electrons. The molecule has 0 fully saturated rings. The molecule has 0 aliphatic heterocycles. The normalized spacial score (nSPS) is 15.0. The van der Waals surface area contributed by atoms with Gasteiger partial charge in [0.2, 0.25) is 0 Å². The van der Waals surface area contributed by atoms with E-state index in [9.17, 15) is 0 Å². The summed E-state index contributed by atoms with van der Waals surface area (Å²) in [6, 6.07) is 6.07. The van der Waals surface area contributed by atoms with E-state index in [1.807, 2.05) is 18.2 Å². The number of allylic oxidation sites excluding steroid dienone is 1. The third kappa shape index (κ3) is 2.32. The number of hydrogen-bond acceptors (Lipinski definition) is 4. The van der Waals surface area contributed by atoms with E-state index >= 15 is 0 Å². The van der Waals surface area contributed by atoms with Gasteiger partial charge < -0.3 is 15.5 Å². The van der Waals surface area contributed by atoms with E-state index in [1.165, 1.54) is 19.3 Å². The zero-order valence-corrected chi connectivity index (χ0v) is 10.3. The third-order valence-electron chi connectivity index (χ3n) is 3.27. The number of oxazole rings is 1. The Labute approximate surface area is 106 Å². The van der Waals surface area contributed by atoms with Gasteiger partial charge >= 0.3 is 0 Å². The number of anilines is 2. The summed E-state index contributed by atoms with van der Waals surface area (Å²) in [4.78, 5) is 4.36. The molecule has 1 heterocycles. The molecule has 0 spiro atoms. The van der Waals surface area contributed by atoms with Gasteiger partial charge in [0.1, 0.15) is 5.52 Å². The lowest BCUT2D eigenvalue weighted by Gasteiger charge is -2.02. The molecule has 1 aliphatic carbocycles. The van der Waals surface area contributed by atoms with Gasteiger partial charge in [-0.2, -0.15) is 4.98 Å². The van der Waals surface area contributed by atoms with Crippen molar-refractivity contribution in [1.82, 2.24) is 4.98 Å². The number of benzene rings is 1. The van der Waals surface area contributed by atoms with Gasteiger partial charge in [-0.05, 0) is 43.9 Å². The summed E-state index contributed by atoms with van der Waals surface area (Å²) in [5.74, 6) is 0. The first-order chi connectivity index (χ1) is 8.81. The van der Waals surface area contributed by atoms with Gasteiger partial charge in [0.15, 0.2) is 5.58 Å². The Balaban J connectivity index is 1.63. The minimum atomic E-state index is 0.578. The van der Waals surface area contributed by atoms with Crippen molar-refractivity contribution in [2.45, 2.75) is 25.7 Å². The van der Waals surface area contributed by atoms with Crippen LogP contribution >= 0.6 is 0 Å².